The molecule has 0 spiro atoms. The highest BCUT2D eigenvalue weighted by Crippen LogP contribution is 2.11. The van der Waals surface area contributed by atoms with E-state index >= 15 is 0 Å². The van der Waals surface area contributed by atoms with Crippen LogP contribution >= 0.6 is 15.9 Å². The van der Waals surface area contributed by atoms with Crippen molar-refractivity contribution in [2.75, 3.05) is 7.11 Å². The van der Waals surface area contributed by atoms with Crippen LogP contribution in [0.4, 0.5) is 0 Å². The van der Waals surface area contributed by atoms with E-state index in [0.29, 0.717) is 5.56 Å². The van der Waals surface area contributed by atoms with Crippen LogP contribution < -0.4 is 0 Å². The van der Waals surface area contributed by atoms with Gasteiger partial charge in [0.25, 0.3) is 0 Å². The number of carbonyl (C=O) groups is 1. The summed E-state index contributed by atoms with van der Waals surface area (Å²) in [7, 11) is 1.45. The van der Waals surface area contributed by atoms with Gasteiger partial charge in [-0.05, 0) is 12.1 Å². The monoisotopic (exact) mass is 255 g/mol. The van der Waals surface area contributed by atoms with E-state index in [9.17, 15) is 4.79 Å². The first-order valence-corrected chi connectivity index (χ1v) is 4.87. The Hall–Kier alpha value is -1.16. The molecule has 0 aliphatic heterocycles. The van der Waals surface area contributed by atoms with E-state index in [-0.39, 0.29) is 12.2 Å². The first-order chi connectivity index (χ1) is 6.74. The number of hydrogen-bond donors (Lipinski definition) is 0. The molecule has 14 heavy (non-hydrogen) atoms. The summed E-state index contributed by atoms with van der Waals surface area (Å²) in [5, 5.41) is 3.50. The van der Waals surface area contributed by atoms with Crippen molar-refractivity contribution in [3.05, 3.63) is 34.3 Å². The highest BCUT2D eigenvalue weighted by atomic mass is 79.9. The van der Waals surface area contributed by atoms with Crippen molar-refractivity contribution in [2.24, 2.45) is 5.16 Å². The van der Waals surface area contributed by atoms with E-state index in [1.165, 1.54) is 13.3 Å². The third-order valence-corrected chi connectivity index (χ3v) is 2.15. The number of Topliss-reactive ketones (excluding diaryl/α,β-unsaturated/α-hetero) is 1. The summed E-state index contributed by atoms with van der Waals surface area (Å²) < 4.78 is 0.958. The molecule has 0 radical (unpaired) electrons. The lowest BCUT2D eigenvalue weighted by Crippen LogP contribution is -1.99. The Balaban J connectivity index is 2.61. The molecule has 0 bridgehead atoms. The zero-order valence-corrected chi connectivity index (χ0v) is 9.32. The van der Waals surface area contributed by atoms with Gasteiger partial charge in [-0.1, -0.05) is 33.2 Å². The Morgan fingerprint density at radius 3 is 2.71 bits per heavy atom. The molecule has 0 amide bonds. The lowest BCUT2D eigenvalue weighted by molar-refractivity contribution is 0.1000. The van der Waals surface area contributed by atoms with Crippen molar-refractivity contribution in [1.82, 2.24) is 0 Å². The van der Waals surface area contributed by atoms with Gasteiger partial charge in [0.15, 0.2) is 5.78 Å². The van der Waals surface area contributed by atoms with Crippen LogP contribution in [0, 0.1) is 0 Å². The second-order valence-electron chi connectivity index (χ2n) is 2.60. The number of ketones is 1. The standard InChI is InChI=1S/C10H10BrNO2/c1-14-12-7-6-10(13)8-2-4-9(11)5-3-8/h2-5,7H,6H2,1H3. The lowest BCUT2D eigenvalue weighted by atomic mass is 10.1. The Morgan fingerprint density at radius 2 is 2.14 bits per heavy atom. The first-order valence-electron chi connectivity index (χ1n) is 4.08. The summed E-state index contributed by atoms with van der Waals surface area (Å²) in [6.07, 6.45) is 1.71. The molecular weight excluding hydrogens is 246 g/mol. The second-order valence-corrected chi connectivity index (χ2v) is 3.52. The van der Waals surface area contributed by atoms with Gasteiger partial charge < -0.3 is 4.84 Å². The van der Waals surface area contributed by atoms with E-state index in [0.717, 1.165) is 4.47 Å². The van der Waals surface area contributed by atoms with E-state index in [2.05, 4.69) is 25.9 Å². The molecule has 74 valence electrons. The van der Waals surface area contributed by atoms with E-state index in [4.69, 9.17) is 0 Å². The van der Waals surface area contributed by atoms with Gasteiger partial charge in [0.1, 0.15) is 7.11 Å². The van der Waals surface area contributed by atoms with Crippen LogP contribution in [-0.4, -0.2) is 19.1 Å². The maximum atomic E-state index is 11.5. The number of rotatable bonds is 4. The highest BCUT2D eigenvalue weighted by Gasteiger charge is 2.02. The average molecular weight is 256 g/mol. The predicted molar refractivity (Wildman–Crippen MR) is 58.6 cm³/mol. The van der Waals surface area contributed by atoms with Crippen molar-refractivity contribution >= 4 is 27.9 Å². The van der Waals surface area contributed by atoms with Gasteiger partial charge in [0, 0.05) is 16.5 Å². The zero-order chi connectivity index (χ0) is 10.4. The van der Waals surface area contributed by atoms with Gasteiger partial charge in [0.05, 0.1) is 6.21 Å². The molecule has 0 aliphatic carbocycles. The van der Waals surface area contributed by atoms with Crippen molar-refractivity contribution in [3.8, 4) is 0 Å². The molecule has 3 nitrogen and oxygen atoms in total. The number of hydrogen-bond acceptors (Lipinski definition) is 3. The summed E-state index contributed by atoms with van der Waals surface area (Å²) in [6, 6.07) is 7.21. The molecule has 0 N–H and O–H groups in total. The molecule has 0 heterocycles. The fourth-order valence-electron chi connectivity index (χ4n) is 0.948. The molecule has 1 aromatic carbocycles. The fourth-order valence-corrected chi connectivity index (χ4v) is 1.21. The van der Waals surface area contributed by atoms with Gasteiger partial charge in [-0.25, -0.2) is 0 Å². The van der Waals surface area contributed by atoms with Gasteiger partial charge in [-0.15, -0.1) is 0 Å². The Bertz CT molecular complexity index is 332. The quantitative estimate of drug-likeness (QED) is 0.472. The SMILES string of the molecule is CON=CCC(=O)c1ccc(Br)cc1. The summed E-state index contributed by atoms with van der Waals surface area (Å²) in [4.78, 5) is 15.9. The van der Waals surface area contributed by atoms with Crippen LogP contribution in [0.2, 0.25) is 0 Å². The van der Waals surface area contributed by atoms with Crippen LogP contribution in [-0.2, 0) is 4.84 Å². The van der Waals surface area contributed by atoms with Gasteiger partial charge in [0.2, 0.25) is 0 Å². The van der Waals surface area contributed by atoms with Crippen molar-refractivity contribution in [1.29, 1.82) is 0 Å². The van der Waals surface area contributed by atoms with Gasteiger partial charge >= 0.3 is 0 Å². The molecule has 0 fully saturated rings. The van der Waals surface area contributed by atoms with Crippen LogP contribution in [0.5, 0.6) is 0 Å². The van der Waals surface area contributed by atoms with Crippen LogP contribution in [0.3, 0.4) is 0 Å². The topological polar surface area (TPSA) is 38.7 Å². The summed E-state index contributed by atoms with van der Waals surface area (Å²) in [5.41, 5.74) is 0.677. The molecule has 0 unspecified atom stereocenters. The summed E-state index contributed by atoms with van der Waals surface area (Å²) >= 11 is 3.30. The van der Waals surface area contributed by atoms with E-state index in [1.807, 2.05) is 12.1 Å². The average Bonchev–Trinajstić information content (AvgIpc) is 2.19. The molecule has 0 aromatic heterocycles. The van der Waals surface area contributed by atoms with Crippen LogP contribution in [0.1, 0.15) is 16.8 Å². The van der Waals surface area contributed by atoms with Gasteiger partial charge in [-0.3, -0.25) is 4.79 Å². The molecule has 0 saturated carbocycles. The number of nitrogens with zero attached hydrogens (tertiary/aromatic N) is 1. The lowest BCUT2D eigenvalue weighted by Gasteiger charge is -1.96. The number of oxime groups is 1. The first kappa shape index (κ1) is 10.9. The third-order valence-electron chi connectivity index (χ3n) is 1.62. The van der Waals surface area contributed by atoms with Crippen molar-refractivity contribution in [3.63, 3.8) is 0 Å². The summed E-state index contributed by atoms with van der Waals surface area (Å²) in [5.74, 6) is 0.0262. The predicted octanol–water partition coefficient (Wildman–Crippen LogP) is 2.65. The molecule has 1 aromatic rings. The number of halogens is 1. The minimum Gasteiger partial charge on any atom is -0.399 e. The second kappa shape index (κ2) is 5.54. The van der Waals surface area contributed by atoms with Crippen LogP contribution in [0.25, 0.3) is 0 Å². The Labute approximate surface area is 90.9 Å². The van der Waals surface area contributed by atoms with Crippen molar-refractivity contribution in [2.45, 2.75) is 6.42 Å². The molecular formula is C10H10BrNO2. The van der Waals surface area contributed by atoms with Gasteiger partial charge in [-0.2, -0.15) is 0 Å². The number of carbonyl (C=O) groups excluding carboxylic acids is 1. The molecule has 1 rings (SSSR count). The Morgan fingerprint density at radius 1 is 1.50 bits per heavy atom. The molecule has 0 saturated heterocycles. The zero-order valence-electron chi connectivity index (χ0n) is 7.74. The summed E-state index contributed by atoms with van der Waals surface area (Å²) in [6.45, 7) is 0. The normalized spacial score (nSPS) is 10.4. The molecule has 4 heteroatoms. The smallest absolute Gasteiger partial charge is 0.168 e. The Kier molecular flexibility index (Phi) is 4.32. The van der Waals surface area contributed by atoms with E-state index < -0.39 is 0 Å². The van der Waals surface area contributed by atoms with Crippen LogP contribution in [0.15, 0.2) is 33.9 Å². The molecule has 0 atom stereocenters. The number of benzene rings is 1. The minimum atomic E-state index is 0.0262. The van der Waals surface area contributed by atoms with Crippen molar-refractivity contribution < 1.29 is 9.63 Å². The maximum Gasteiger partial charge on any atom is 0.168 e. The van der Waals surface area contributed by atoms with E-state index in [1.54, 1.807) is 12.1 Å². The molecule has 0 aliphatic rings. The largest absolute Gasteiger partial charge is 0.399 e. The minimum absolute atomic E-state index is 0.0262. The fraction of sp³-hybridized carbons (Fsp3) is 0.200. The maximum absolute atomic E-state index is 11.5. The highest BCUT2D eigenvalue weighted by molar-refractivity contribution is 9.10. The third kappa shape index (κ3) is 3.30.